The van der Waals surface area contributed by atoms with E-state index < -0.39 is 5.92 Å². The maximum atomic E-state index is 13.1. The molecule has 0 fully saturated rings. The molecule has 0 heterocycles. The maximum Gasteiger partial charge on any atom is 0.228 e. The topological polar surface area (TPSA) is 58.2 Å². The SMILES string of the molecule is CC(C)NC(=O)C[C@@H](c1ccccc1)[C@@H](C(=O)NC(C)C)c1ccccc1. The summed E-state index contributed by atoms with van der Waals surface area (Å²) in [6.07, 6.45) is 0.257. The highest BCUT2D eigenvalue weighted by atomic mass is 16.2. The molecular formula is C23H30N2O2. The summed E-state index contributed by atoms with van der Waals surface area (Å²) in [5, 5.41) is 5.99. The van der Waals surface area contributed by atoms with E-state index in [1.165, 1.54) is 0 Å². The second kappa shape index (κ2) is 9.91. The van der Waals surface area contributed by atoms with Gasteiger partial charge >= 0.3 is 0 Å². The molecule has 0 aliphatic rings. The third-order valence-electron chi connectivity index (χ3n) is 4.36. The molecule has 2 amide bonds. The van der Waals surface area contributed by atoms with Crippen molar-refractivity contribution in [2.45, 2.75) is 58.0 Å². The summed E-state index contributed by atoms with van der Waals surface area (Å²) in [5.74, 6) is -0.778. The Labute approximate surface area is 162 Å². The lowest BCUT2D eigenvalue weighted by atomic mass is 9.78. The van der Waals surface area contributed by atoms with Crippen LogP contribution in [0.25, 0.3) is 0 Å². The number of amides is 2. The number of nitrogens with one attached hydrogen (secondary N) is 2. The third-order valence-corrected chi connectivity index (χ3v) is 4.36. The average Bonchev–Trinajstić information content (AvgIpc) is 2.61. The maximum absolute atomic E-state index is 13.1. The Morgan fingerprint density at radius 3 is 1.70 bits per heavy atom. The van der Waals surface area contributed by atoms with Gasteiger partial charge < -0.3 is 10.6 Å². The Morgan fingerprint density at radius 1 is 0.741 bits per heavy atom. The molecular weight excluding hydrogens is 336 g/mol. The Morgan fingerprint density at radius 2 is 1.22 bits per heavy atom. The minimum Gasteiger partial charge on any atom is -0.354 e. The van der Waals surface area contributed by atoms with E-state index in [1.807, 2.05) is 88.4 Å². The van der Waals surface area contributed by atoms with Crippen LogP contribution in [0.1, 0.15) is 57.1 Å². The van der Waals surface area contributed by atoms with E-state index in [1.54, 1.807) is 0 Å². The molecule has 4 nitrogen and oxygen atoms in total. The van der Waals surface area contributed by atoms with Crippen molar-refractivity contribution in [3.05, 3.63) is 71.8 Å². The van der Waals surface area contributed by atoms with Gasteiger partial charge in [0.2, 0.25) is 11.8 Å². The Bertz CT molecular complexity index is 727. The fraction of sp³-hybridized carbons (Fsp3) is 0.391. The van der Waals surface area contributed by atoms with E-state index in [9.17, 15) is 9.59 Å². The summed E-state index contributed by atoms with van der Waals surface area (Å²) in [5.41, 5.74) is 1.91. The monoisotopic (exact) mass is 366 g/mol. The molecule has 2 rings (SSSR count). The fourth-order valence-corrected chi connectivity index (χ4v) is 3.31. The van der Waals surface area contributed by atoms with Gasteiger partial charge in [-0.25, -0.2) is 0 Å². The first-order chi connectivity index (χ1) is 12.9. The first kappa shape index (κ1) is 20.7. The van der Waals surface area contributed by atoms with E-state index in [4.69, 9.17) is 0 Å². The van der Waals surface area contributed by atoms with Gasteiger partial charge in [0.1, 0.15) is 0 Å². The van der Waals surface area contributed by atoms with E-state index in [0.717, 1.165) is 11.1 Å². The van der Waals surface area contributed by atoms with Gasteiger partial charge in [-0.2, -0.15) is 0 Å². The molecule has 0 spiro atoms. The molecule has 27 heavy (non-hydrogen) atoms. The van der Waals surface area contributed by atoms with Crippen LogP contribution in [0.3, 0.4) is 0 Å². The van der Waals surface area contributed by atoms with E-state index in [-0.39, 0.29) is 36.2 Å². The van der Waals surface area contributed by atoms with Crippen LogP contribution in [0.5, 0.6) is 0 Å². The van der Waals surface area contributed by atoms with Crippen molar-refractivity contribution in [1.29, 1.82) is 0 Å². The lowest BCUT2D eigenvalue weighted by Crippen LogP contribution is -2.39. The number of carbonyl (C=O) groups excluding carboxylic acids is 2. The molecule has 2 atom stereocenters. The van der Waals surface area contributed by atoms with E-state index >= 15 is 0 Å². The van der Waals surface area contributed by atoms with Gasteiger partial charge in [0.15, 0.2) is 0 Å². The molecule has 0 saturated carbocycles. The van der Waals surface area contributed by atoms with Crippen LogP contribution in [0, 0.1) is 0 Å². The van der Waals surface area contributed by atoms with Crippen molar-refractivity contribution in [3.8, 4) is 0 Å². The molecule has 2 N–H and O–H groups in total. The van der Waals surface area contributed by atoms with E-state index in [2.05, 4.69) is 10.6 Å². The number of benzene rings is 2. The zero-order valence-corrected chi connectivity index (χ0v) is 16.6. The van der Waals surface area contributed by atoms with Gasteiger partial charge in [-0.3, -0.25) is 9.59 Å². The average molecular weight is 367 g/mol. The molecule has 0 aliphatic heterocycles. The number of hydrogen-bond donors (Lipinski definition) is 2. The van der Waals surface area contributed by atoms with Gasteiger partial charge in [0, 0.05) is 24.4 Å². The van der Waals surface area contributed by atoms with Crippen molar-refractivity contribution in [2.75, 3.05) is 0 Å². The van der Waals surface area contributed by atoms with Gasteiger partial charge in [0.25, 0.3) is 0 Å². The minimum atomic E-state index is -0.436. The van der Waals surface area contributed by atoms with Crippen LogP contribution < -0.4 is 10.6 Å². The standard InChI is InChI=1S/C23H30N2O2/c1-16(2)24-21(26)15-20(18-11-7-5-8-12-18)22(23(27)25-17(3)4)19-13-9-6-10-14-19/h5-14,16-17,20,22H,15H2,1-4H3,(H,24,26)(H,25,27)/t20-,22-/m0/s1. The summed E-state index contributed by atoms with van der Waals surface area (Å²) in [7, 11) is 0. The summed E-state index contributed by atoms with van der Waals surface area (Å²) in [6.45, 7) is 7.77. The number of hydrogen-bond acceptors (Lipinski definition) is 2. The van der Waals surface area contributed by atoms with Crippen LogP contribution in [-0.4, -0.2) is 23.9 Å². The highest BCUT2D eigenvalue weighted by Crippen LogP contribution is 2.36. The molecule has 0 bridgehead atoms. The Hall–Kier alpha value is -2.62. The molecule has 0 aliphatic carbocycles. The summed E-state index contributed by atoms with van der Waals surface area (Å²) >= 11 is 0. The Kier molecular flexibility index (Phi) is 7.59. The van der Waals surface area contributed by atoms with Gasteiger partial charge in [-0.05, 0) is 38.8 Å². The van der Waals surface area contributed by atoms with Crippen LogP contribution in [0.15, 0.2) is 60.7 Å². The summed E-state index contributed by atoms with van der Waals surface area (Å²) < 4.78 is 0. The molecule has 0 unspecified atom stereocenters. The van der Waals surface area contributed by atoms with Crippen molar-refractivity contribution in [2.24, 2.45) is 0 Å². The summed E-state index contributed by atoms with van der Waals surface area (Å²) in [6, 6.07) is 19.6. The lowest BCUT2D eigenvalue weighted by Gasteiger charge is -2.28. The Balaban J connectivity index is 2.45. The molecule has 4 heteroatoms. The second-order valence-electron chi connectivity index (χ2n) is 7.50. The lowest BCUT2D eigenvalue weighted by molar-refractivity contribution is -0.124. The first-order valence-electron chi connectivity index (χ1n) is 9.58. The predicted molar refractivity (Wildman–Crippen MR) is 110 cm³/mol. The molecule has 0 aromatic heterocycles. The van der Waals surface area contributed by atoms with Crippen molar-refractivity contribution in [3.63, 3.8) is 0 Å². The molecule has 0 radical (unpaired) electrons. The first-order valence-corrected chi connectivity index (χ1v) is 9.58. The van der Waals surface area contributed by atoms with Gasteiger partial charge in [-0.15, -0.1) is 0 Å². The zero-order valence-electron chi connectivity index (χ0n) is 16.6. The van der Waals surface area contributed by atoms with Gasteiger partial charge in [0.05, 0.1) is 5.92 Å². The minimum absolute atomic E-state index is 0.0321. The highest BCUT2D eigenvalue weighted by Gasteiger charge is 2.33. The zero-order chi connectivity index (χ0) is 19.8. The molecule has 2 aromatic carbocycles. The molecule has 2 aromatic rings. The normalized spacial score (nSPS) is 13.3. The van der Waals surface area contributed by atoms with Crippen LogP contribution in [-0.2, 0) is 9.59 Å². The molecule has 144 valence electrons. The fourth-order valence-electron chi connectivity index (χ4n) is 3.31. The predicted octanol–water partition coefficient (Wildman–Crippen LogP) is 3.99. The smallest absolute Gasteiger partial charge is 0.228 e. The van der Waals surface area contributed by atoms with Crippen molar-refractivity contribution >= 4 is 11.8 Å². The number of rotatable bonds is 8. The largest absolute Gasteiger partial charge is 0.354 e. The number of carbonyl (C=O) groups is 2. The van der Waals surface area contributed by atoms with E-state index in [0.29, 0.717) is 0 Å². The summed E-state index contributed by atoms with van der Waals surface area (Å²) in [4.78, 5) is 25.7. The van der Waals surface area contributed by atoms with Crippen LogP contribution >= 0.6 is 0 Å². The van der Waals surface area contributed by atoms with Crippen LogP contribution in [0.4, 0.5) is 0 Å². The second-order valence-corrected chi connectivity index (χ2v) is 7.50. The van der Waals surface area contributed by atoms with Crippen LogP contribution in [0.2, 0.25) is 0 Å². The van der Waals surface area contributed by atoms with Crippen molar-refractivity contribution in [1.82, 2.24) is 10.6 Å². The molecule has 0 saturated heterocycles. The van der Waals surface area contributed by atoms with Gasteiger partial charge in [-0.1, -0.05) is 60.7 Å². The third kappa shape index (κ3) is 6.24. The van der Waals surface area contributed by atoms with Crippen molar-refractivity contribution < 1.29 is 9.59 Å². The quantitative estimate of drug-likeness (QED) is 0.742. The highest BCUT2D eigenvalue weighted by molar-refractivity contribution is 5.87.